The summed E-state index contributed by atoms with van der Waals surface area (Å²) < 4.78 is 11.4. The second-order valence-electron chi connectivity index (χ2n) is 7.86. The van der Waals surface area contributed by atoms with Gasteiger partial charge in [-0.25, -0.2) is 15.6 Å². The molecule has 0 unspecified atom stereocenters. The third-order valence-electron chi connectivity index (χ3n) is 4.77. The molecule has 8 nitrogen and oxygen atoms in total. The fourth-order valence-corrected chi connectivity index (χ4v) is 3.20. The molecule has 162 valence electrons. The molecule has 8 heteroatoms. The lowest BCUT2D eigenvalue weighted by Crippen LogP contribution is -2.39. The van der Waals surface area contributed by atoms with E-state index < -0.39 is 6.09 Å². The number of nitrogens with zero attached hydrogens (tertiary/aromatic N) is 2. The summed E-state index contributed by atoms with van der Waals surface area (Å²) in [7, 11) is 1.59. The highest BCUT2D eigenvalue weighted by molar-refractivity contribution is 5.74. The molecule has 5 N–H and O–H groups in total. The molecule has 1 aliphatic rings. The van der Waals surface area contributed by atoms with Crippen LogP contribution in [-0.4, -0.2) is 35.8 Å². The van der Waals surface area contributed by atoms with E-state index in [9.17, 15) is 4.79 Å². The Morgan fingerprint density at radius 1 is 1.31 bits per heavy atom. The molecule has 29 heavy (non-hydrogen) atoms. The summed E-state index contributed by atoms with van der Waals surface area (Å²) in [4.78, 5) is 16.7. The largest absolute Gasteiger partial charge is 0.489 e. The van der Waals surface area contributed by atoms with Crippen LogP contribution < -0.4 is 21.6 Å². The van der Waals surface area contributed by atoms with Gasteiger partial charge in [0.25, 0.3) is 0 Å². The van der Waals surface area contributed by atoms with Crippen LogP contribution >= 0.6 is 0 Å². The molecule has 0 aliphatic heterocycles. The van der Waals surface area contributed by atoms with Crippen molar-refractivity contribution in [2.24, 2.45) is 17.5 Å². The van der Waals surface area contributed by atoms with Crippen molar-refractivity contribution in [3.8, 4) is 5.75 Å². The van der Waals surface area contributed by atoms with E-state index in [-0.39, 0.29) is 23.5 Å². The summed E-state index contributed by atoms with van der Waals surface area (Å²) >= 11 is 0. The Hall–Kier alpha value is -2.48. The number of aromatic nitrogens is 1. The van der Waals surface area contributed by atoms with Crippen LogP contribution in [0.4, 0.5) is 4.79 Å². The summed E-state index contributed by atoms with van der Waals surface area (Å²) in [6.07, 6.45) is 6.20. The van der Waals surface area contributed by atoms with Crippen LogP contribution in [0.2, 0.25) is 0 Å². The zero-order chi connectivity index (χ0) is 21.4. The molecule has 1 aromatic rings. The monoisotopic (exact) mass is 405 g/mol. The molecule has 1 aromatic heterocycles. The Morgan fingerprint density at radius 2 is 2.00 bits per heavy atom. The molecule has 0 saturated heterocycles. The fourth-order valence-electron chi connectivity index (χ4n) is 3.20. The Kier molecular flexibility index (Phi) is 8.57. The summed E-state index contributed by atoms with van der Waals surface area (Å²) in [6, 6.07) is 3.69. The Morgan fingerprint density at radius 3 is 2.59 bits per heavy atom. The van der Waals surface area contributed by atoms with Gasteiger partial charge in [0.05, 0.1) is 24.1 Å². The van der Waals surface area contributed by atoms with E-state index in [0.717, 1.165) is 24.3 Å². The number of carbonyl (C=O) groups excluding carboxylic acids is 1. The molecule has 0 bridgehead atoms. The van der Waals surface area contributed by atoms with E-state index in [1.165, 1.54) is 24.3 Å². The van der Waals surface area contributed by atoms with Gasteiger partial charge < -0.3 is 15.2 Å². The van der Waals surface area contributed by atoms with Crippen molar-refractivity contribution in [1.82, 2.24) is 15.3 Å². The lowest BCUT2D eigenvalue weighted by molar-refractivity contribution is 0.133. The van der Waals surface area contributed by atoms with E-state index in [1.807, 2.05) is 26.8 Å². The van der Waals surface area contributed by atoms with Crippen LogP contribution in [0, 0.1) is 5.92 Å². The zero-order valence-corrected chi connectivity index (χ0v) is 18.0. The van der Waals surface area contributed by atoms with Crippen LogP contribution in [0.1, 0.15) is 64.3 Å². The van der Waals surface area contributed by atoms with Gasteiger partial charge in [-0.2, -0.15) is 0 Å². The highest BCUT2D eigenvalue weighted by Gasteiger charge is 2.19. The average Bonchev–Trinajstić information content (AvgIpc) is 2.70. The first kappa shape index (κ1) is 22.8. The molecule has 0 spiro atoms. The smallest absolute Gasteiger partial charge is 0.412 e. The van der Waals surface area contributed by atoms with Crippen molar-refractivity contribution in [3.63, 3.8) is 0 Å². The quantitative estimate of drug-likeness (QED) is 0.449. The van der Waals surface area contributed by atoms with E-state index in [1.54, 1.807) is 13.1 Å². The highest BCUT2D eigenvalue weighted by atomic mass is 16.5. The molecular formula is C21H35N5O3. The number of pyridine rings is 1. The van der Waals surface area contributed by atoms with Crippen molar-refractivity contribution in [3.05, 3.63) is 29.3 Å². The van der Waals surface area contributed by atoms with Crippen molar-refractivity contribution in [2.75, 3.05) is 13.7 Å². The van der Waals surface area contributed by atoms with Gasteiger partial charge in [0, 0.05) is 7.05 Å². The van der Waals surface area contributed by atoms with Crippen LogP contribution in [0.3, 0.4) is 0 Å². The summed E-state index contributed by atoms with van der Waals surface area (Å²) in [5, 5.41) is 3.85. The lowest BCUT2D eigenvalue weighted by atomic mass is 9.98. The molecule has 1 fully saturated rings. The fraction of sp³-hybridized carbons (Fsp3) is 0.619. The predicted octanol–water partition coefficient (Wildman–Crippen LogP) is 3.13. The second-order valence-corrected chi connectivity index (χ2v) is 7.86. The topological polar surface area (TPSA) is 116 Å². The third kappa shape index (κ3) is 6.81. The number of amides is 1. The van der Waals surface area contributed by atoms with Crippen molar-refractivity contribution in [1.29, 1.82) is 0 Å². The molecular weight excluding hydrogens is 370 g/mol. The number of hydrogen-bond acceptors (Lipinski definition) is 7. The summed E-state index contributed by atoms with van der Waals surface area (Å²) in [5.41, 5.74) is 7.90. The van der Waals surface area contributed by atoms with E-state index in [2.05, 4.69) is 10.3 Å². The number of hydrazine groups is 1. The van der Waals surface area contributed by atoms with Gasteiger partial charge in [-0.05, 0) is 50.2 Å². The zero-order valence-electron chi connectivity index (χ0n) is 18.0. The lowest BCUT2D eigenvalue weighted by Gasteiger charge is -2.24. The van der Waals surface area contributed by atoms with Gasteiger partial charge in [-0.15, -0.1) is 0 Å². The van der Waals surface area contributed by atoms with E-state index in [4.69, 9.17) is 21.1 Å². The summed E-state index contributed by atoms with van der Waals surface area (Å²) in [5.74, 6) is 7.13. The molecule has 1 saturated carbocycles. The van der Waals surface area contributed by atoms with Crippen LogP contribution in [0.15, 0.2) is 18.0 Å². The van der Waals surface area contributed by atoms with E-state index >= 15 is 0 Å². The number of alkyl carbamates (subject to hydrolysis) is 1. The number of rotatable bonds is 8. The Bertz CT molecular complexity index is 712. The molecule has 0 atom stereocenters. The van der Waals surface area contributed by atoms with Gasteiger partial charge in [-0.1, -0.05) is 27.2 Å². The summed E-state index contributed by atoms with van der Waals surface area (Å²) in [6.45, 7) is 6.25. The van der Waals surface area contributed by atoms with Crippen molar-refractivity contribution in [2.45, 2.75) is 65.4 Å². The minimum atomic E-state index is -0.609. The van der Waals surface area contributed by atoms with Crippen molar-refractivity contribution < 1.29 is 14.3 Å². The number of ether oxygens (including phenoxy) is 2. The average molecular weight is 406 g/mol. The first-order chi connectivity index (χ1) is 13.8. The number of nitrogens with one attached hydrogen (secondary N) is 1. The SMILES string of the molecule is CCc1nc(/C(N)=C(\NC(=O)OCC(C)C)N(C)N)ccc1OC1CCCCC1. The third-order valence-corrected chi connectivity index (χ3v) is 4.77. The van der Waals surface area contributed by atoms with Crippen molar-refractivity contribution >= 4 is 11.8 Å². The second kappa shape index (κ2) is 10.9. The first-order valence-corrected chi connectivity index (χ1v) is 10.4. The molecule has 1 heterocycles. The predicted molar refractivity (Wildman–Crippen MR) is 113 cm³/mol. The van der Waals surface area contributed by atoms with Gasteiger partial charge in [-0.3, -0.25) is 10.3 Å². The minimum absolute atomic E-state index is 0.228. The van der Waals surface area contributed by atoms with Crippen LogP contribution in [-0.2, 0) is 11.2 Å². The Labute approximate surface area is 173 Å². The van der Waals surface area contributed by atoms with Gasteiger partial charge >= 0.3 is 6.09 Å². The highest BCUT2D eigenvalue weighted by Crippen LogP contribution is 2.27. The number of carbonyl (C=O) groups is 1. The van der Waals surface area contributed by atoms with Crippen LogP contribution in [0.5, 0.6) is 5.75 Å². The normalized spacial score (nSPS) is 15.7. The van der Waals surface area contributed by atoms with Crippen LogP contribution in [0.25, 0.3) is 5.70 Å². The van der Waals surface area contributed by atoms with E-state index in [0.29, 0.717) is 18.7 Å². The molecule has 0 aromatic carbocycles. The minimum Gasteiger partial charge on any atom is -0.489 e. The molecule has 1 amide bonds. The standard InChI is InChI=1S/C21H35N5O3/c1-5-16-18(29-15-9-7-6-8-10-15)12-11-17(24-16)19(22)20(26(4)23)25-21(27)28-13-14(2)3/h11-12,14-15H,5-10,13,22-23H2,1-4H3,(H,25,27)/b20-19-. The van der Waals surface area contributed by atoms with Gasteiger partial charge in [0.2, 0.25) is 0 Å². The maximum atomic E-state index is 12.1. The maximum absolute atomic E-state index is 12.1. The molecule has 1 aliphatic carbocycles. The Balaban J connectivity index is 2.20. The number of hydrogen-bond donors (Lipinski definition) is 3. The first-order valence-electron chi connectivity index (χ1n) is 10.4. The molecule has 0 radical (unpaired) electrons. The number of aryl methyl sites for hydroxylation is 1. The molecule has 2 rings (SSSR count). The number of nitrogens with two attached hydrogens (primary N) is 2. The van der Waals surface area contributed by atoms with Gasteiger partial charge in [0.1, 0.15) is 11.4 Å². The maximum Gasteiger partial charge on any atom is 0.412 e. The van der Waals surface area contributed by atoms with Gasteiger partial charge in [0.15, 0.2) is 5.82 Å².